The van der Waals surface area contributed by atoms with Crippen LogP contribution in [-0.2, 0) is 10.0 Å². The van der Waals surface area contributed by atoms with E-state index in [-0.39, 0.29) is 22.6 Å². The van der Waals surface area contributed by atoms with Gasteiger partial charge in [-0.2, -0.15) is 0 Å². The molecule has 0 saturated heterocycles. The van der Waals surface area contributed by atoms with Gasteiger partial charge in [-0.1, -0.05) is 42.0 Å². The molecular weight excluding hydrogens is 436 g/mol. The van der Waals surface area contributed by atoms with E-state index in [0.717, 1.165) is 18.4 Å². The molecule has 4 rings (SSSR count). The van der Waals surface area contributed by atoms with Crippen molar-refractivity contribution in [2.45, 2.75) is 37.6 Å². The molecule has 33 heavy (non-hydrogen) atoms. The summed E-state index contributed by atoms with van der Waals surface area (Å²) < 4.78 is 27.8. The van der Waals surface area contributed by atoms with Crippen LogP contribution >= 0.6 is 0 Å². The molecule has 3 aromatic rings. The van der Waals surface area contributed by atoms with Crippen molar-refractivity contribution in [2.75, 3.05) is 4.72 Å². The number of aryl methyl sites for hydroxylation is 1. The molecule has 1 aliphatic carbocycles. The van der Waals surface area contributed by atoms with Gasteiger partial charge in [0, 0.05) is 16.8 Å². The second-order valence-corrected chi connectivity index (χ2v) is 10.1. The zero-order valence-electron chi connectivity index (χ0n) is 18.5. The lowest BCUT2D eigenvalue weighted by Crippen LogP contribution is -2.29. The fraction of sp³-hybridized carbons (Fsp3) is 0.231. The predicted molar refractivity (Wildman–Crippen MR) is 128 cm³/mol. The minimum Gasteiger partial charge on any atom is -0.345 e. The molecule has 6 nitrogen and oxygen atoms in total. The molecular formula is C26H26N2O4S. The number of sulfonamides is 1. The predicted octanol–water partition coefficient (Wildman–Crippen LogP) is 4.88. The number of carbonyl (C=O) groups is 2. The normalized spacial score (nSPS) is 14.4. The highest BCUT2D eigenvalue weighted by Gasteiger charge is 2.33. The number of ketones is 1. The number of hydrogen-bond donors (Lipinski definition) is 2. The summed E-state index contributed by atoms with van der Waals surface area (Å²) in [6, 6.07) is 20.3. The van der Waals surface area contributed by atoms with Crippen LogP contribution in [0.3, 0.4) is 0 Å². The van der Waals surface area contributed by atoms with Crippen LogP contribution in [0.5, 0.6) is 0 Å². The number of carbonyl (C=O) groups excluding carboxylic acids is 2. The summed E-state index contributed by atoms with van der Waals surface area (Å²) >= 11 is 0. The van der Waals surface area contributed by atoms with Crippen LogP contribution in [0.2, 0.25) is 0 Å². The molecule has 0 spiro atoms. The molecule has 170 valence electrons. The van der Waals surface area contributed by atoms with Crippen LogP contribution in [0.4, 0.5) is 5.69 Å². The van der Waals surface area contributed by atoms with Gasteiger partial charge in [0.25, 0.3) is 15.9 Å². The zero-order valence-corrected chi connectivity index (χ0v) is 19.4. The summed E-state index contributed by atoms with van der Waals surface area (Å²) in [6.45, 7) is 3.46. The van der Waals surface area contributed by atoms with Gasteiger partial charge in [0.1, 0.15) is 0 Å². The molecule has 1 atom stereocenters. The second-order valence-electron chi connectivity index (χ2n) is 8.46. The van der Waals surface area contributed by atoms with Gasteiger partial charge in [0.15, 0.2) is 5.78 Å². The first-order valence-electron chi connectivity index (χ1n) is 10.8. The van der Waals surface area contributed by atoms with Crippen molar-refractivity contribution < 1.29 is 18.0 Å². The largest absolute Gasteiger partial charge is 0.345 e. The third-order valence-corrected chi connectivity index (χ3v) is 7.18. The Kier molecular flexibility index (Phi) is 6.33. The number of amides is 1. The third kappa shape index (κ3) is 5.49. The lowest BCUT2D eigenvalue weighted by atomic mass is 10.0. The van der Waals surface area contributed by atoms with E-state index in [1.807, 2.05) is 19.1 Å². The number of Topliss-reactive ketones (excluding diaryl/α,β-unsaturated/α-hetero) is 1. The lowest BCUT2D eigenvalue weighted by molar-refractivity contribution is 0.0931. The van der Waals surface area contributed by atoms with Gasteiger partial charge in [0.2, 0.25) is 0 Å². The lowest BCUT2D eigenvalue weighted by Gasteiger charge is -2.19. The molecule has 3 aromatic carbocycles. The van der Waals surface area contributed by atoms with Crippen molar-refractivity contribution >= 4 is 27.4 Å². The summed E-state index contributed by atoms with van der Waals surface area (Å²) in [6.07, 6.45) is 2.18. The number of nitrogens with one attached hydrogen (secondary N) is 2. The molecule has 1 aliphatic rings. The Morgan fingerprint density at radius 2 is 1.42 bits per heavy atom. The van der Waals surface area contributed by atoms with Gasteiger partial charge in [-0.05, 0) is 74.6 Å². The molecule has 1 fully saturated rings. The first-order valence-corrected chi connectivity index (χ1v) is 12.3. The summed E-state index contributed by atoms with van der Waals surface area (Å²) in [7, 11) is -3.81. The van der Waals surface area contributed by atoms with E-state index in [0.29, 0.717) is 22.7 Å². The van der Waals surface area contributed by atoms with E-state index in [1.165, 1.54) is 36.8 Å². The average Bonchev–Trinajstić information content (AvgIpc) is 3.64. The maximum atomic E-state index is 12.9. The zero-order chi connectivity index (χ0) is 23.6. The molecule has 1 unspecified atom stereocenters. The number of hydrogen-bond acceptors (Lipinski definition) is 4. The van der Waals surface area contributed by atoms with Crippen LogP contribution in [0.25, 0.3) is 0 Å². The van der Waals surface area contributed by atoms with Crippen LogP contribution in [-0.4, -0.2) is 20.1 Å². The minimum atomic E-state index is -3.81. The van der Waals surface area contributed by atoms with Gasteiger partial charge < -0.3 is 5.32 Å². The number of benzene rings is 3. The highest BCUT2D eigenvalue weighted by Crippen LogP contribution is 2.41. The molecule has 0 aliphatic heterocycles. The molecule has 7 heteroatoms. The Balaban J connectivity index is 1.44. The highest BCUT2D eigenvalue weighted by molar-refractivity contribution is 7.92. The van der Waals surface area contributed by atoms with Crippen molar-refractivity contribution in [3.8, 4) is 0 Å². The van der Waals surface area contributed by atoms with Crippen molar-refractivity contribution in [1.82, 2.24) is 5.32 Å². The smallest absolute Gasteiger partial charge is 0.261 e. The third-order valence-electron chi connectivity index (χ3n) is 5.79. The van der Waals surface area contributed by atoms with Crippen LogP contribution in [0.1, 0.15) is 57.7 Å². The second kappa shape index (κ2) is 9.19. The minimum absolute atomic E-state index is 0.0331. The van der Waals surface area contributed by atoms with E-state index < -0.39 is 10.0 Å². The average molecular weight is 463 g/mol. The fourth-order valence-electron chi connectivity index (χ4n) is 3.67. The Hall–Kier alpha value is -3.45. The van der Waals surface area contributed by atoms with Gasteiger partial charge >= 0.3 is 0 Å². The first kappa shape index (κ1) is 22.7. The molecule has 0 bridgehead atoms. The van der Waals surface area contributed by atoms with Gasteiger partial charge in [-0.15, -0.1) is 0 Å². The highest BCUT2D eigenvalue weighted by atomic mass is 32.2. The maximum absolute atomic E-state index is 12.9. The Morgan fingerprint density at radius 1 is 0.848 bits per heavy atom. The fourth-order valence-corrected chi connectivity index (χ4v) is 4.73. The molecule has 1 amide bonds. The van der Waals surface area contributed by atoms with Gasteiger partial charge in [0.05, 0.1) is 10.9 Å². The van der Waals surface area contributed by atoms with E-state index in [9.17, 15) is 18.0 Å². The molecule has 0 radical (unpaired) electrons. The van der Waals surface area contributed by atoms with Crippen LogP contribution in [0, 0.1) is 12.8 Å². The topological polar surface area (TPSA) is 92.3 Å². The Labute approximate surface area is 194 Å². The summed E-state index contributed by atoms with van der Waals surface area (Å²) in [5, 5.41) is 3.13. The molecule has 0 heterocycles. The monoisotopic (exact) mass is 462 g/mol. The van der Waals surface area contributed by atoms with Gasteiger partial charge in [-0.25, -0.2) is 8.42 Å². The first-order chi connectivity index (χ1) is 15.7. The van der Waals surface area contributed by atoms with E-state index in [4.69, 9.17) is 0 Å². The molecule has 1 saturated carbocycles. The van der Waals surface area contributed by atoms with Gasteiger partial charge in [-0.3, -0.25) is 14.3 Å². The Morgan fingerprint density at radius 3 is 1.97 bits per heavy atom. The van der Waals surface area contributed by atoms with E-state index in [1.54, 1.807) is 24.3 Å². The standard InChI is InChI=1S/C26H26N2O4S/c1-17-3-5-20(6-4-17)25(21-7-8-21)27-26(30)22-9-13-23(14-10-22)28-33(31,32)24-15-11-19(12-16-24)18(2)29/h3-6,9-16,21,25,28H,7-8H2,1-2H3,(H,27,30). The van der Waals surface area contributed by atoms with Crippen molar-refractivity contribution in [2.24, 2.45) is 5.92 Å². The summed E-state index contributed by atoms with van der Waals surface area (Å²) in [5.41, 5.74) is 3.52. The van der Waals surface area contributed by atoms with Crippen molar-refractivity contribution in [3.05, 3.63) is 95.1 Å². The number of anilines is 1. The van der Waals surface area contributed by atoms with E-state index >= 15 is 0 Å². The quantitative estimate of drug-likeness (QED) is 0.467. The summed E-state index contributed by atoms with van der Waals surface area (Å²) in [5.74, 6) is 0.117. The van der Waals surface area contributed by atoms with Crippen molar-refractivity contribution in [3.63, 3.8) is 0 Å². The van der Waals surface area contributed by atoms with E-state index in [2.05, 4.69) is 22.2 Å². The Bertz CT molecular complexity index is 1260. The van der Waals surface area contributed by atoms with Crippen LogP contribution in [0.15, 0.2) is 77.7 Å². The summed E-state index contributed by atoms with van der Waals surface area (Å²) in [4.78, 5) is 24.3. The molecule has 2 N–H and O–H groups in total. The maximum Gasteiger partial charge on any atom is 0.261 e. The van der Waals surface area contributed by atoms with Crippen LogP contribution < -0.4 is 10.0 Å². The SMILES string of the molecule is CC(=O)c1ccc(S(=O)(=O)Nc2ccc(C(=O)NC(c3ccc(C)cc3)C3CC3)cc2)cc1. The van der Waals surface area contributed by atoms with Crippen molar-refractivity contribution in [1.29, 1.82) is 0 Å². The molecule has 0 aromatic heterocycles. The number of rotatable bonds is 8.